The van der Waals surface area contributed by atoms with Crippen molar-refractivity contribution < 1.29 is 9.59 Å². The second-order valence-corrected chi connectivity index (χ2v) is 7.47. The topological polar surface area (TPSA) is 40.6 Å². The van der Waals surface area contributed by atoms with Crippen molar-refractivity contribution in [3.8, 4) is 0 Å². The summed E-state index contributed by atoms with van der Waals surface area (Å²) in [5.41, 5.74) is 2.37. The van der Waals surface area contributed by atoms with Crippen LogP contribution in [0.1, 0.15) is 44.1 Å². The van der Waals surface area contributed by atoms with E-state index in [9.17, 15) is 9.59 Å². The number of carbonyl (C=O) groups is 2. The number of hydrogen-bond donors (Lipinski definition) is 0. The molecular weight excluding hydrogens is 300 g/mol. The van der Waals surface area contributed by atoms with Crippen LogP contribution in [-0.2, 0) is 16.0 Å². The third-order valence-electron chi connectivity index (χ3n) is 5.64. The minimum absolute atomic E-state index is 0.0346. The standard InChI is InChI=1S/C20H26N2O2/c23-19(16-10-11-16)21-12-5-8-17(14-21)20(24)22-13-4-3-7-15-6-1-2-9-18(15)22/h1-2,6,9,16-17H,3-5,7-8,10-14H2. The minimum atomic E-state index is -0.0346. The van der Waals surface area contributed by atoms with E-state index in [0.717, 1.165) is 63.7 Å². The second-order valence-electron chi connectivity index (χ2n) is 7.47. The molecule has 1 saturated carbocycles. The molecule has 2 fully saturated rings. The summed E-state index contributed by atoms with van der Waals surface area (Å²) in [5, 5.41) is 0. The molecule has 1 aliphatic carbocycles. The number of rotatable bonds is 2. The number of likely N-dealkylation sites (tertiary alicyclic amines) is 1. The molecule has 2 heterocycles. The molecule has 0 N–H and O–H groups in total. The van der Waals surface area contributed by atoms with Gasteiger partial charge in [0.1, 0.15) is 0 Å². The molecule has 1 saturated heterocycles. The Kier molecular flexibility index (Phi) is 4.30. The molecule has 2 aliphatic heterocycles. The van der Waals surface area contributed by atoms with Gasteiger partial charge in [0.25, 0.3) is 0 Å². The van der Waals surface area contributed by atoms with E-state index in [2.05, 4.69) is 18.2 Å². The smallest absolute Gasteiger partial charge is 0.231 e. The molecule has 0 aromatic heterocycles. The summed E-state index contributed by atoms with van der Waals surface area (Å²) in [7, 11) is 0. The summed E-state index contributed by atoms with van der Waals surface area (Å²) in [6.45, 7) is 2.26. The zero-order valence-corrected chi connectivity index (χ0v) is 14.2. The van der Waals surface area contributed by atoms with Crippen molar-refractivity contribution in [2.75, 3.05) is 24.5 Å². The van der Waals surface area contributed by atoms with Gasteiger partial charge in [0, 0.05) is 31.2 Å². The monoisotopic (exact) mass is 326 g/mol. The number of nitrogens with zero attached hydrogens (tertiary/aromatic N) is 2. The average molecular weight is 326 g/mol. The lowest BCUT2D eigenvalue weighted by Crippen LogP contribution is -2.47. The highest BCUT2D eigenvalue weighted by Gasteiger charge is 2.38. The maximum Gasteiger partial charge on any atom is 0.231 e. The Labute approximate surface area is 143 Å². The van der Waals surface area contributed by atoms with Crippen molar-refractivity contribution in [2.24, 2.45) is 11.8 Å². The number of benzene rings is 1. The van der Waals surface area contributed by atoms with Crippen molar-refractivity contribution in [3.05, 3.63) is 29.8 Å². The molecule has 2 amide bonds. The Morgan fingerprint density at radius 1 is 0.875 bits per heavy atom. The number of para-hydroxylation sites is 1. The third kappa shape index (κ3) is 3.06. The minimum Gasteiger partial charge on any atom is -0.342 e. The van der Waals surface area contributed by atoms with E-state index in [1.165, 1.54) is 5.56 Å². The van der Waals surface area contributed by atoms with E-state index in [-0.39, 0.29) is 23.7 Å². The van der Waals surface area contributed by atoms with Crippen LogP contribution < -0.4 is 4.90 Å². The molecule has 128 valence electrons. The lowest BCUT2D eigenvalue weighted by atomic mass is 9.95. The predicted octanol–water partition coefficient (Wildman–Crippen LogP) is 3.00. The molecule has 1 atom stereocenters. The summed E-state index contributed by atoms with van der Waals surface area (Å²) < 4.78 is 0. The number of hydrogen-bond acceptors (Lipinski definition) is 2. The Balaban J connectivity index is 1.51. The van der Waals surface area contributed by atoms with Crippen LogP contribution in [-0.4, -0.2) is 36.3 Å². The fourth-order valence-electron chi connectivity index (χ4n) is 4.11. The summed E-state index contributed by atoms with van der Waals surface area (Å²) in [6, 6.07) is 8.30. The van der Waals surface area contributed by atoms with Crippen LogP contribution in [0, 0.1) is 11.8 Å². The van der Waals surface area contributed by atoms with E-state index < -0.39 is 0 Å². The van der Waals surface area contributed by atoms with Crippen molar-refractivity contribution in [1.82, 2.24) is 4.90 Å². The highest BCUT2D eigenvalue weighted by Crippen LogP contribution is 2.34. The molecule has 4 rings (SSSR count). The van der Waals surface area contributed by atoms with Gasteiger partial charge in [-0.15, -0.1) is 0 Å². The predicted molar refractivity (Wildman–Crippen MR) is 93.8 cm³/mol. The zero-order chi connectivity index (χ0) is 16.5. The van der Waals surface area contributed by atoms with Crippen LogP contribution in [0.25, 0.3) is 0 Å². The molecular formula is C20H26N2O2. The summed E-state index contributed by atoms with van der Waals surface area (Å²) in [5.74, 6) is 0.715. The number of anilines is 1. The van der Waals surface area contributed by atoms with Crippen LogP contribution in [0.5, 0.6) is 0 Å². The molecule has 0 bridgehead atoms. The van der Waals surface area contributed by atoms with Gasteiger partial charge < -0.3 is 9.80 Å². The van der Waals surface area contributed by atoms with Gasteiger partial charge in [0.15, 0.2) is 0 Å². The number of amides is 2. The summed E-state index contributed by atoms with van der Waals surface area (Å²) in [6.07, 6.45) is 7.17. The maximum atomic E-state index is 13.2. The Morgan fingerprint density at radius 3 is 2.54 bits per heavy atom. The molecule has 1 aromatic carbocycles. The molecule has 0 radical (unpaired) electrons. The van der Waals surface area contributed by atoms with Gasteiger partial charge in [-0.2, -0.15) is 0 Å². The Hall–Kier alpha value is -1.84. The fourth-order valence-corrected chi connectivity index (χ4v) is 4.11. The second kappa shape index (κ2) is 6.58. The van der Waals surface area contributed by atoms with E-state index in [1.54, 1.807) is 0 Å². The van der Waals surface area contributed by atoms with E-state index in [0.29, 0.717) is 6.54 Å². The largest absolute Gasteiger partial charge is 0.342 e. The third-order valence-corrected chi connectivity index (χ3v) is 5.64. The molecule has 24 heavy (non-hydrogen) atoms. The van der Waals surface area contributed by atoms with Crippen LogP contribution in [0.15, 0.2) is 24.3 Å². The number of piperidine rings is 1. The first kappa shape index (κ1) is 15.7. The van der Waals surface area contributed by atoms with E-state index in [1.807, 2.05) is 15.9 Å². The van der Waals surface area contributed by atoms with Gasteiger partial charge in [-0.3, -0.25) is 9.59 Å². The fraction of sp³-hybridized carbons (Fsp3) is 0.600. The van der Waals surface area contributed by atoms with E-state index in [4.69, 9.17) is 0 Å². The first-order chi connectivity index (χ1) is 11.7. The number of carbonyl (C=O) groups excluding carboxylic acids is 2. The molecule has 4 nitrogen and oxygen atoms in total. The molecule has 1 unspecified atom stereocenters. The number of fused-ring (bicyclic) bond motifs is 1. The maximum absolute atomic E-state index is 13.2. The Bertz CT molecular complexity index is 638. The lowest BCUT2D eigenvalue weighted by molar-refractivity contribution is -0.136. The first-order valence-corrected chi connectivity index (χ1v) is 9.42. The van der Waals surface area contributed by atoms with Gasteiger partial charge in [-0.1, -0.05) is 18.2 Å². The van der Waals surface area contributed by atoms with Gasteiger partial charge in [0.05, 0.1) is 5.92 Å². The van der Waals surface area contributed by atoms with Crippen LogP contribution in [0.4, 0.5) is 5.69 Å². The SMILES string of the molecule is O=C(C1CC1)N1CCCC(C(=O)N2CCCCc3ccccc32)C1. The highest BCUT2D eigenvalue weighted by atomic mass is 16.2. The molecule has 4 heteroatoms. The molecule has 0 spiro atoms. The molecule has 1 aromatic rings. The van der Waals surface area contributed by atoms with Crippen molar-refractivity contribution in [2.45, 2.75) is 44.9 Å². The Morgan fingerprint density at radius 2 is 1.71 bits per heavy atom. The summed E-state index contributed by atoms with van der Waals surface area (Å²) in [4.78, 5) is 29.5. The van der Waals surface area contributed by atoms with Gasteiger partial charge in [-0.05, 0) is 56.6 Å². The lowest BCUT2D eigenvalue weighted by Gasteiger charge is -2.35. The number of aryl methyl sites for hydroxylation is 1. The van der Waals surface area contributed by atoms with Gasteiger partial charge in [-0.25, -0.2) is 0 Å². The van der Waals surface area contributed by atoms with Gasteiger partial charge >= 0.3 is 0 Å². The first-order valence-electron chi connectivity index (χ1n) is 9.42. The summed E-state index contributed by atoms with van der Waals surface area (Å²) >= 11 is 0. The normalized spacial score (nSPS) is 24.2. The van der Waals surface area contributed by atoms with Gasteiger partial charge in [0.2, 0.25) is 11.8 Å². The quantitative estimate of drug-likeness (QED) is 0.838. The van der Waals surface area contributed by atoms with Crippen molar-refractivity contribution >= 4 is 17.5 Å². The van der Waals surface area contributed by atoms with Crippen LogP contribution >= 0.6 is 0 Å². The zero-order valence-electron chi connectivity index (χ0n) is 14.2. The van der Waals surface area contributed by atoms with E-state index >= 15 is 0 Å². The van der Waals surface area contributed by atoms with Crippen molar-refractivity contribution in [1.29, 1.82) is 0 Å². The highest BCUT2D eigenvalue weighted by molar-refractivity contribution is 5.96. The van der Waals surface area contributed by atoms with Crippen molar-refractivity contribution in [3.63, 3.8) is 0 Å². The van der Waals surface area contributed by atoms with Crippen LogP contribution in [0.2, 0.25) is 0 Å². The molecule has 3 aliphatic rings. The average Bonchev–Trinajstić information content (AvgIpc) is 3.47. The van der Waals surface area contributed by atoms with Crippen LogP contribution in [0.3, 0.4) is 0 Å².